The first-order valence-electron chi connectivity index (χ1n) is 15.3. The molecule has 43 heavy (non-hydrogen) atoms. The fourth-order valence-electron chi connectivity index (χ4n) is 7.44. The standard InChI is InChI=1S/C34H33N7O2/c1-18-25-8-5-23(34(42)41-17-24-7-10-27(41)31(24)35)14-29(25)43-32(18)28-13-22-6-9-26(36-33(22)40(28)16-20-3-4-20)21-11-12-39-19(2)37-38-30(39)15-21/h5-6,8-9,11-15,20,24,27,31H,3-4,7,10,16-17,35H2,1-2H3/t24?,27?,31-/m1/s1. The van der Waals surface area contributed by atoms with Gasteiger partial charge in [-0.05, 0) is 93.8 Å². The Labute approximate surface area is 248 Å². The van der Waals surface area contributed by atoms with Crippen LogP contribution in [-0.2, 0) is 6.54 Å². The van der Waals surface area contributed by atoms with Gasteiger partial charge in [-0.25, -0.2) is 4.98 Å². The summed E-state index contributed by atoms with van der Waals surface area (Å²) in [4.78, 5) is 20.7. The number of carbonyl (C=O) groups is 1. The topological polar surface area (TPSA) is 107 Å². The van der Waals surface area contributed by atoms with E-state index in [0.29, 0.717) is 17.4 Å². The predicted molar refractivity (Wildman–Crippen MR) is 165 cm³/mol. The number of hydrogen-bond acceptors (Lipinski definition) is 6. The summed E-state index contributed by atoms with van der Waals surface area (Å²) in [6, 6.07) is 16.7. The van der Waals surface area contributed by atoms with E-state index < -0.39 is 0 Å². The summed E-state index contributed by atoms with van der Waals surface area (Å²) < 4.78 is 10.9. The maximum atomic E-state index is 13.5. The molecule has 0 radical (unpaired) electrons. The highest BCUT2D eigenvalue weighted by Gasteiger charge is 2.46. The second-order valence-corrected chi connectivity index (χ2v) is 12.8. The molecule has 2 unspecified atom stereocenters. The van der Waals surface area contributed by atoms with Crippen LogP contribution in [0.3, 0.4) is 0 Å². The van der Waals surface area contributed by atoms with E-state index in [1.165, 1.54) is 12.8 Å². The Morgan fingerprint density at radius 3 is 2.70 bits per heavy atom. The highest BCUT2D eigenvalue weighted by molar-refractivity contribution is 6.00. The Bertz CT molecular complexity index is 2100. The molecule has 2 N–H and O–H groups in total. The molecule has 6 heterocycles. The van der Waals surface area contributed by atoms with Crippen molar-refractivity contribution in [3.63, 3.8) is 0 Å². The molecule has 9 rings (SSSR count). The first-order chi connectivity index (χ1) is 20.9. The van der Waals surface area contributed by atoms with Crippen molar-refractivity contribution >= 4 is 33.6 Å². The number of amides is 1. The molecular formula is C34H33N7O2. The van der Waals surface area contributed by atoms with Gasteiger partial charge in [0.25, 0.3) is 5.91 Å². The highest BCUT2D eigenvalue weighted by atomic mass is 16.3. The van der Waals surface area contributed by atoms with Gasteiger partial charge >= 0.3 is 0 Å². The molecule has 1 aromatic carbocycles. The van der Waals surface area contributed by atoms with Crippen LogP contribution in [0.2, 0.25) is 0 Å². The van der Waals surface area contributed by atoms with Crippen molar-refractivity contribution in [2.24, 2.45) is 17.6 Å². The number of likely N-dealkylation sites (tertiary alicyclic amines) is 1. The van der Waals surface area contributed by atoms with Gasteiger partial charge in [-0.2, -0.15) is 0 Å². The van der Waals surface area contributed by atoms with E-state index in [2.05, 4.69) is 46.0 Å². The number of carbonyl (C=O) groups excluding carboxylic acids is 1. The van der Waals surface area contributed by atoms with Crippen LogP contribution in [-0.4, -0.2) is 53.6 Å². The van der Waals surface area contributed by atoms with Crippen LogP contribution in [0.4, 0.5) is 0 Å². The van der Waals surface area contributed by atoms with Crippen molar-refractivity contribution in [1.82, 2.24) is 29.0 Å². The second-order valence-electron chi connectivity index (χ2n) is 12.8. The number of aromatic nitrogens is 5. The van der Waals surface area contributed by atoms with Crippen LogP contribution in [0.1, 0.15) is 47.4 Å². The number of aryl methyl sites for hydroxylation is 2. The molecule has 1 saturated heterocycles. The summed E-state index contributed by atoms with van der Waals surface area (Å²) in [7, 11) is 0. The smallest absolute Gasteiger partial charge is 0.254 e. The normalized spacial score (nSPS) is 21.7. The van der Waals surface area contributed by atoms with Crippen LogP contribution < -0.4 is 5.73 Å². The summed E-state index contributed by atoms with van der Waals surface area (Å²) in [6.07, 6.45) is 6.58. The van der Waals surface area contributed by atoms with E-state index in [9.17, 15) is 4.79 Å². The Balaban J connectivity index is 1.12. The quantitative estimate of drug-likeness (QED) is 0.282. The van der Waals surface area contributed by atoms with Crippen LogP contribution in [0.15, 0.2) is 59.1 Å². The molecule has 1 amide bonds. The molecule has 2 saturated carbocycles. The van der Waals surface area contributed by atoms with Crippen molar-refractivity contribution in [2.75, 3.05) is 6.54 Å². The van der Waals surface area contributed by atoms with Crippen LogP contribution in [0, 0.1) is 25.7 Å². The molecule has 3 aliphatic rings. The lowest BCUT2D eigenvalue weighted by Gasteiger charge is -2.27. The summed E-state index contributed by atoms with van der Waals surface area (Å²) >= 11 is 0. The lowest BCUT2D eigenvalue weighted by molar-refractivity contribution is 0.0700. The highest BCUT2D eigenvalue weighted by Crippen LogP contribution is 2.41. The lowest BCUT2D eigenvalue weighted by atomic mass is 10.1. The van der Waals surface area contributed by atoms with E-state index in [1.807, 2.05) is 46.7 Å². The van der Waals surface area contributed by atoms with Gasteiger partial charge < -0.3 is 19.6 Å². The molecule has 1 aliphatic heterocycles. The van der Waals surface area contributed by atoms with Gasteiger partial charge in [0.15, 0.2) is 11.4 Å². The van der Waals surface area contributed by atoms with Crippen molar-refractivity contribution in [3.05, 3.63) is 71.7 Å². The molecule has 9 heteroatoms. The number of benzene rings is 1. The number of nitrogens with two attached hydrogens (primary N) is 1. The number of nitrogens with zero attached hydrogens (tertiary/aromatic N) is 6. The number of rotatable bonds is 5. The molecular weight excluding hydrogens is 538 g/mol. The van der Waals surface area contributed by atoms with Gasteiger partial charge in [0.1, 0.15) is 17.1 Å². The van der Waals surface area contributed by atoms with Gasteiger partial charge in [-0.15, -0.1) is 10.2 Å². The van der Waals surface area contributed by atoms with Gasteiger partial charge in [0.2, 0.25) is 0 Å². The third-order valence-electron chi connectivity index (χ3n) is 10.1. The molecule has 3 atom stereocenters. The number of furan rings is 1. The molecule has 5 aromatic heterocycles. The average Bonchev–Trinajstić information content (AvgIpc) is 3.23. The number of hydrogen-bond donors (Lipinski definition) is 1. The first kappa shape index (κ1) is 25.0. The van der Waals surface area contributed by atoms with Gasteiger partial charge in [0.05, 0.1) is 11.4 Å². The fourth-order valence-corrected chi connectivity index (χ4v) is 7.44. The summed E-state index contributed by atoms with van der Waals surface area (Å²) in [5, 5.41) is 10.6. The summed E-state index contributed by atoms with van der Waals surface area (Å²) in [5.74, 6) is 2.82. The Kier molecular flexibility index (Phi) is 5.24. The molecule has 216 valence electrons. The fraction of sp³-hybridized carbons (Fsp3) is 0.353. The van der Waals surface area contributed by atoms with E-state index in [4.69, 9.17) is 15.1 Å². The molecule has 6 aromatic rings. The molecule has 2 aliphatic carbocycles. The minimum absolute atomic E-state index is 0.0548. The third kappa shape index (κ3) is 3.80. The van der Waals surface area contributed by atoms with Crippen molar-refractivity contribution in [2.45, 2.75) is 58.2 Å². The van der Waals surface area contributed by atoms with Crippen molar-refractivity contribution in [3.8, 4) is 22.7 Å². The Morgan fingerprint density at radius 1 is 1.02 bits per heavy atom. The second kappa shape index (κ2) is 9.00. The maximum absolute atomic E-state index is 13.5. The summed E-state index contributed by atoms with van der Waals surface area (Å²) in [6.45, 7) is 5.71. The van der Waals surface area contributed by atoms with Crippen molar-refractivity contribution in [1.29, 1.82) is 0 Å². The minimum atomic E-state index is 0.0548. The Hall–Kier alpha value is -4.50. The third-order valence-corrected chi connectivity index (χ3v) is 10.1. The number of pyridine rings is 2. The molecule has 9 nitrogen and oxygen atoms in total. The maximum Gasteiger partial charge on any atom is 0.254 e. The van der Waals surface area contributed by atoms with E-state index in [0.717, 1.165) is 87.7 Å². The zero-order chi connectivity index (χ0) is 29.0. The largest absolute Gasteiger partial charge is 0.454 e. The molecule has 0 spiro atoms. The van der Waals surface area contributed by atoms with Crippen LogP contribution in [0.25, 0.3) is 50.4 Å². The Morgan fingerprint density at radius 2 is 1.91 bits per heavy atom. The SMILES string of the molecule is Cc1c(-c2cc3ccc(-c4ccn5c(C)nnc5c4)nc3n2CC2CC2)oc2cc(C(=O)N3CC4CCC3[C@@H]4N)ccc12. The first-order valence-corrected chi connectivity index (χ1v) is 15.3. The van der Waals surface area contributed by atoms with E-state index in [-0.39, 0.29) is 18.0 Å². The lowest BCUT2D eigenvalue weighted by Crippen LogP contribution is -2.41. The van der Waals surface area contributed by atoms with Crippen LogP contribution >= 0.6 is 0 Å². The summed E-state index contributed by atoms with van der Waals surface area (Å²) in [5.41, 5.74) is 13.6. The average molecular weight is 572 g/mol. The number of piperidine rings is 1. The zero-order valence-corrected chi connectivity index (χ0v) is 24.3. The van der Waals surface area contributed by atoms with Gasteiger partial charge in [-0.3, -0.25) is 9.20 Å². The molecule has 3 fully saturated rings. The predicted octanol–water partition coefficient (Wildman–Crippen LogP) is 5.75. The molecule has 2 bridgehead atoms. The van der Waals surface area contributed by atoms with Gasteiger partial charge in [0, 0.05) is 58.8 Å². The van der Waals surface area contributed by atoms with Crippen molar-refractivity contribution < 1.29 is 9.21 Å². The van der Waals surface area contributed by atoms with E-state index >= 15 is 0 Å². The van der Waals surface area contributed by atoms with E-state index in [1.54, 1.807) is 0 Å². The monoisotopic (exact) mass is 571 g/mol. The van der Waals surface area contributed by atoms with Gasteiger partial charge in [-0.1, -0.05) is 6.07 Å². The zero-order valence-electron chi connectivity index (χ0n) is 24.3. The van der Waals surface area contributed by atoms with Crippen LogP contribution in [0.5, 0.6) is 0 Å². The minimum Gasteiger partial charge on any atom is -0.454 e. The number of fused-ring (bicyclic) bond motifs is 5.